The van der Waals surface area contributed by atoms with Gasteiger partial charge in [0.1, 0.15) is 11.9 Å². The molecule has 2 N–H and O–H groups in total. The number of nitriles is 1. The molecule has 1 rings (SSSR count). The average Bonchev–Trinajstić information content (AvgIpc) is 2.56. The Morgan fingerprint density at radius 2 is 1.89 bits per heavy atom. The fourth-order valence-electron chi connectivity index (χ4n) is 2.64. The van der Waals surface area contributed by atoms with E-state index in [9.17, 15) is 5.26 Å². The molecule has 1 heterocycles. The van der Waals surface area contributed by atoms with E-state index < -0.39 is 0 Å². The fraction of sp³-hybridized carbons (Fsp3) is 0.667. The number of nitrogens with zero attached hydrogens (tertiary/aromatic N) is 2. The molecule has 1 unspecified atom stereocenters. The van der Waals surface area contributed by atoms with Crippen LogP contribution in [0.15, 0.2) is 0 Å². The maximum Gasteiger partial charge on any atom is 0.122 e. The molecule has 100 valence electrons. The Balaban J connectivity index is 3.16. The summed E-state index contributed by atoms with van der Waals surface area (Å²) in [5, 5.41) is 9.18. The van der Waals surface area contributed by atoms with E-state index >= 15 is 0 Å². The molecule has 0 saturated carbocycles. The van der Waals surface area contributed by atoms with Crippen molar-refractivity contribution in [3.8, 4) is 6.07 Å². The third-order valence-corrected chi connectivity index (χ3v) is 3.78. The molecule has 0 amide bonds. The third-order valence-electron chi connectivity index (χ3n) is 3.78. The Labute approximate surface area is 111 Å². The zero-order chi connectivity index (χ0) is 13.7. The van der Waals surface area contributed by atoms with E-state index in [1.54, 1.807) is 0 Å². The lowest BCUT2D eigenvalue weighted by molar-refractivity contribution is 0.416. The van der Waals surface area contributed by atoms with Crippen molar-refractivity contribution < 1.29 is 0 Å². The van der Waals surface area contributed by atoms with Crippen molar-refractivity contribution >= 4 is 5.82 Å². The Hall–Kier alpha value is -1.43. The van der Waals surface area contributed by atoms with Gasteiger partial charge in [0.25, 0.3) is 0 Å². The summed E-state index contributed by atoms with van der Waals surface area (Å²) >= 11 is 0. The van der Waals surface area contributed by atoms with Crippen LogP contribution < -0.4 is 5.73 Å². The first kappa shape index (κ1) is 14.6. The van der Waals surface area contributed by atoms with Gasteiger partial charge in [-0.1, -0.05) is 33.1 Å². The van der Waals surface area contributed by atoms with Crippen molar-refractivity contribution in [2.45, 2.75) is 65.8 Å². The monoisotopic (exact) mass is 247 g/mol. The number of nitrogen functional groups attached to an aromatic ring is 1. The number of anilines is 1. The molecule has 0 aliphatic carbocycles. The number of hydrogen-bond donors (Lipinski definition) is 1. The van der Waals surface area contributed by atoms with Gasteiger partial charge in [0, 0.05) is 11.7 Å². The summed E-state index contributed by atoms with van der Waals surface area (Å²) in [5.41, 5.74) is 9.00. The molecular weight excluding hydrogens is 222 g/mol. The second-order valence-electron chi connectivity index (χ2n) is 5.04. The minimum Gasteiger partial charge on any atom is -0.384 e. The van der Waals surface area contributed by atoms with Crippen molar-refractivity contribution in [1.82, 2.24) is 4.57 Å². The molecule has 0 saturated heterocycles. The predicted octanol–water partition coefficient (Wildman–Crippen LogP) is 4.09. The van der Waals surface area contributed by atoms with E-state index in [0.29, 0.717) is 17.4 Å². The lowest BCUT2D eigenvalue weighted by Crippen LogP contribution is -2.13. The van der Waals surface area contributed by atoms with Crippen LogP contribution in [-0.2, 0) is 0 Å². The SMILES string of the molecule is CCCCC(CCC)n1c(C)c(C)c(C#N)c1N. The zero-order valence-corrected chi connectivity index (χ0v) is 12.1. The van der Waals surface area contributed by atoms with Crippen LogP contribution in [0.3, 0.4) is 0 Å². The van der Waals surface area contributed by atoms with Crippen LogP contribution in [0.2, 0.25) is 0 Å². The lowest BCUT2D eigenvalue weighted by atomic mass is 10.0. The lowest BCUT2D eigenvalue weighted by Gasteiger charge is -2.22. The van der Waals surface area contributed by atoms with Gasteiger partial charge in [0.05, 0.1) is 5.56 Å². The summed E-state index contributed by atoms with van der Waals surface area (Å²) in [4.78, 5) is 0. The molecule has 1 aromatic heterocycles. The van der Waals surface area contributed by atoms with Crippen LogP contribution in [0, 0.1) is 25.2 Å². The molecule has 3 heteroatoms. The van der Waals surface area contributed by atoms with Gasteiger partial charge in [-0.05, 0) is 32.3 Å². The fourth-order valence-corrected chi connectivity index (χ4v) is 2.64. The van der Waals surface area contributed by atoms with Gasteiger partial charge in [0.15, 0.2) is 0 Å². The van der Waals surface area contributed by atoms with Gasteiger partial charge >= 0.3 is 0 Å². The molecule has 0 aromatic carbocycles. The topological polar surface area (TPSA) is 54.7 Å². The van der Waals surface area contributed by atoms with Gasteiger partial charge in [-0.2, -0.15) is 5.26 Å². The molecule has 3 nitrogen and oxygen atoms in total. The minimum atomic E-state index is 0.441. The van der Waals surface area contributed by atoms with E-state index in [2.05, 4.69) is 31.4 Å². The maximum atomic E-state index is 9.18. The minimum absolute atomic E-state index is 0.441. The number of aromatic nitrogens is 1. The average molecular weight is 247 g/mol. The summed E-state index contributed by atoms with van der Waals surface area (Å²) in [6, 6.07) is 2.67. The molecule has 0 spiro atoms. The zero-order valence-electron chi connectivity index (χ0n) is 12.1. The summed E-state index contributed by atoms with van der Waals surface area (Å²) in [5.74, 6) is 0.655. The molecular formula is C15H25N3. The number of hydrogen-bond acceptors (Lipinski definition) is 2. The Kier molecular flexibility index (Phi) is 5.27. The highest BCUT2D eigenvalue weighted by molar-refractivity contribution is 5.58. The molecule has 1 aromatic rings. The van der Waals surface area contributed by atoms with Gasteiger partial charge in [-0.25, -0.2) is 0 Å². The first-order chi connectivity index (χ1) is 8.58. The first-order valence-electron chi connectivity index (χ1n) is 6.95. The summed E-state index contributed by atoms with van der Waals surface area (Å²) < 4.78 is 2.19. The van der Waals surface area contributed by atoms with E-state index in [4.69, 9.17) is 5.73 Å². The highest BCUT2D eigenvalue weighted by Gasteiger charge is 2.20. The highest BCUT2D eigenvalue weighted by atomic mass is 15.1. The van der Waals surface area contributed by atoms with Crippen LogP contribution in [0.1, 0.15) is 68.8 Å². The first-order valence-corrected chi connectivity index (χ1v) is 6.95. The van der Waals surface area contributed by atoms with E-state index in [-0.39, 0.29) is 0 Å². The number of nitrogens with two attached hydrogens (primary N) is 1. The maximum absolute atomic E-state index is 9.18. The molecule has 0 radical (unpaired) electrons. The number of unbranched alkanes of at least 4 members (excludes halogenated alkanes) is 1. The van der Waals surface area contributed by atoms with Crippen molar-refractivity contribution in [1.29, 1.82) is 5.26 Å². The van der Waals surface area contributed by atoms with Crippen LogP contribution in [-0.4, -0.2) is 4.57 Å². The normalized spacial score (nSPS) is 12.4. The van der Waals surface area contributed by atoms with Crippen LogP contribution >= 0.6 is 0 Å². The molecule has 0 aliphatic heterocycles. The van der Waals surface area contributed by atoms with Crippen molar-refractivity contribution in [2.24, 2.45) is 0 Å². The second-order valence-corrected chi connectivity index (χ2v) is 5.04. The van der Waals surface area contributed by atoms with Crippen LogP contribution in [0.5, 0.6) is 0 Å². The van der Waals surface area contributed by atoms with Crippen LogP contribution in [0.4, 0.5) is 5.82 Å². The van der Waals surface area contributed by atoms with E-state index in [1.807, 2.05) is 6.92 Å². The summed E-state index contributed by atoms with van der Waals surface area (Å²) in [6.45, 7) is 8.47. The van der Waals surface area contributed by atoms with Gasteiger partial charge in [-0.15, -0.1) is 0 Å². The van der Waals surface area contributed by atoms with Crippen molar-refractivity contribution in [2.75, 3.05) is 5.73 Å². The smallest absolute Gasteiger partial charge is 0.122 e. The summed E-state index contributed by atoms with van der Waals surface area (Å²) in [6.07, 6.45) is 5.83. The van der Waals surface area contributed by atoms with E-state index in [0.717, 1.165) is 30.5 Å². The second kappa shape index (κ2) is 6.49. The molecule has 18 heavy (non-hydrogen) atoms. The highest BCUT2D eigenvalue weighted by Crippen LogP contribution is 2.32. The molecule has 1 atom stereocenters. The standard InChI is InChI=1S/C15H25N3/c1-5-7-9-13(8-6-2)18-12(4)11(3)14(10-16)15(18)17/h13H,5-9,17H2,1-4H3. The third kappa shape index (κ3) is 2.69. The summed E-state index contributed by atoms with van der Waals surface area (Å²) in [7, 11) is 0. The largest absolute Gasteiger partial charge is 0.384 e. The molecule has 0 bridgehead atoms. The predicted molar refractivity (Wildman–Crippen MR) is 76.5 cm³/mol. The Morgan fingerprint density at radius 1 is 1.22 bits per heavy atom. The number of rotatable bonds is 6. The van der Waals surface area contributed by atoms with Gasteiger partial charge in [0.2, 0.25) is 0 Å². The van der Waals surface area contributed by atoms with E-state index in [1.165, 1.54) is 12.8 Å². The van der Waals surface area contributed by atoms with Gasteiger partial charge in [-0.3, -0.25) is 0 Å². The Morgan fingerprint density at radius 3 is 2.33 bits per heavy atom. The Bertz CT molecular complexity index is 438. The van der Waals surface area contributed by atoms with Crippen molar-refractivity contribution in [3.05, 3.63) is 16.8 Å². The van der Waals surface area contributed by atoms with Crippen molar-refractivity contribution in [3.63, 3.8) is 0 Å². The molecule has 0 aliphatic rings. The van der Waals surface area contributed by atoms with Crippen LogP contribution in [0.25, 0.3) is 0 Å². The molecule has 0 fully saturated rings. The quantitative estimate of drug-likeness (QED) is 0.823. The van der Waals surface area contributed by atoms with Gasteiger partial charge < -0.3 is 10.3 Å².